The van der Waals surface area contributed by atoms with E-state index in [1.807, 2.05) is 12.1 Å². The molecule has 0 aliphatic rings. The number of anilines is 1. The highest BCUT2D eigenvalue weighted by atomic mass is 79.9. The molecule has 1 rings (SSSR count). The highest BCUT2D eigenvalue weighted by molar-refractivity contribution is 9.10. The summed E-state index contributed by atoms with van der Waals surface area (Å²) in [7, 11) is 0. The fourth-order valence-corrected chi connectivity index (χ4v) is 2.59. The third-order valence-corrected chi connectivity index (χ3v) is 3.81. The van der Waals surface area contributed by atoms with Crippen molar-refractivity contribution in [3.63, 3.8) is 0 Å². The van der Waals surface area contributed by atoms with Crippen LogP contribution in [-0.2, 0) is 4.79 Å². The Kier molecular flexibility index (Phi) is 6.92. The summed E-state index contributed by atoms with van der Waals surface area (Å²) in [5, 5.41) is 9.37. The van der Waals surface area contributed by atoms with Crippen LogP contribution in [0.25, 0.3) is 0 Å². The van der Waals surface area contributed by atoms with Crippen LogP contribution in [0, 0.1) is 0 Å². The van der Waals surface area contributed by atoms with Crippen molar-refractivity contribution in [2.45, 2.75) is 51.4 Å². The van der Waals surface area contributed by atoms with Gasteiger partial charge < -0.3 is 10.8 Å². The monoisotopic (exact) mass is 327 g/mol. The largest absolute Gasteiger partial charge is 0.481 e. The highest BCUT2D eigenvalue weighted by Gasteiger charge is 2.21. The number of aliphatic carboxylic acids is 1. The van der Waals surface area contributed by atoms with E-state index in [-0.39, 0.29) is 0 Å². The van der Waals surface area contributed by atoms with Crippen molar-refractivity contribution in [3.8, 4) is 0 Å². The molecule has 1 aromatic carbocycles. The van der Waals surface area contributed by atoms with Gasteiger partial charge in [-0.05, 0) is 30.2 Å². The van der Waals surface area contributed by atoms with E-state index in [4.69, 9.17) is 5.73 Å². The predicted octanol–water partition coefficient (Wildman–Crippen LogP) is 4.56. The van der Waals surface area contributed by atoms with E-state index in [9.17, 15) is 9.90 Å². The number of carboxylic acids is 1. The van der Waals surface area contributed by atoms with Crippen LogP contribution < -0.4 is 5.73 Å². The summed E-state index contributed by atoms with van der Waals surface area (Å²) >= 11 is 3.37. The fraction of sp³-hybridized carbons (Fsp3) is 0.533. The maximum atomic E-state index is 11.4. The smallest absolute Gasteiger partial charge is 0.311 e. The Morgan fingerprint density at radius 1 is 1.32 bits per heavy atom. The minimum absolute atomic E-state index is 0.501. The maximum Gasteiger partial charge on any atom is 0.311 e. The number of benzene rings is 1. The van der Waals surface area contributed by atoms with E-state index in [0.29, 0.717) is 12.1 Å². The van der Waals surface area contributed by atoms with Gasteiger partial charge in [0.2, 0.25) is 0 Å². The van der Waals surface area contributed by atoms with E-state index < -0.39 is 11.9 Å². The van der Waals surface area contributed by atoms with Crippen LogP contribution in [0.2, 0.25) is 0 Å². The molecule has 1 atom stereocenters. The normalized spacial score (nSPS) is 12.3. The van der Waals surface area contributed by atoms with Gasteiger partial charge in [-0.3, -0.25) is 4.79 Å². The second-order valence-corrected chi connectivity index (χ2v) is 5.78. The number of nitrogens with two attached hydrogens (primary N) is 1. The number of rotatable bonds is 8. The SMILES string of the molecule is CCCCCCCC(C(=O)O)c1cc(Br)ccc1N. The van der Waals surface area contributed by atoms with Crippen LogP contribution >= 0.6 is 15.9 Å². The Bertz CT molecular complexity index is 421. The van der Waals surface area contributed by atoms with Crippen LogP contribution in [0.1, 0.15) is 56.9 Å². The first-order chi connectivity index (χ1) is 9.06. The molecule has 0 spiro atoms. The van der Waals surface area contributed by atoms with Crippen LogP contribution in [0.15, 0.2) is 22.7 Å². The lowest BCUT2D eigenvalue weighted by molar-refractivity contribution is -0.139. The van der Waals surface area contributed by atoms with Crippen LogP contribution in [0.3, 0.4) is 0 Å². The van der Waals surface area contributed by atoms with E-state index in [1.165, 1.54) is 19.3 Å². The number of carbonyl (C=O) groups is 1. The summed E-state index contributed by atoms with van der Waals surface area (Å²) in [6.07, 6.45) is 6.27. The number of hydrogen-bond donors (Lipinski definition) is 2. The molecule has 1 aromatic rings. The number of nitrogen functional groups attached to an aromatic ring is 1. The summed E-state index contributed by atoms with van der Waals surface area (Å²) in [6, 6.07) is 5.41. The van der Waals surface area contributed by atoms with Gasteiger partial charge in [-0.2, -0.15) is 0 Å². The quantitative estimate of drug-likeness (QED) is 0.543. The zero-order valence-corrected chi connectivity index (χ0v) is 12.9. The molecule has 0 aliphatic carbocycles. The van der Waals surface area contributed by atoms with Crippen molar-refractivity contribution in [2.75, 3.05) is 5.73 Å². The van der Waals surface area contributed by atoms with Gasteiger partial charge >= 0.3 is 5.97 Å². The fourth-order valence-electron chi connectivity index (χ4n) is 2.21. The number of halogens is 1. The van der Waals surface area contributed by atoms with Gasteiger partial charge in [0.15, 0.2) is 0 Å². The van der Waals surface area contributed by atoms with E-state index >= 15 is 0 Å². The average molecular weight is 328 g/mol. The van der Waals surface area contributed by atoms with E-state index in [0.717, 1.165) is 22.9 Å². The topological polar surface area (TPSA) is 63.3 Å². The van der Waals surface area contributed by atoms with Gasteiger partial charge in [-0.25, -0.2) is 0 Å². The molecule has 0 aliphatic heterocycles. The molecule has 0 saturated heterocycles. The molecular formula is C15H22BrNO2. The highest BCUT2D eigenvalue weighted by Crippen LogP contribution is 2.30. The molecule has 0 fully saturated rings. The lowest BCUT2D eigenvalue weighted by Crippen LogP contribution is -2.13. The molecule has 0 saturated carbocycles. The lowest BCUT2D eigenvalue weighted by atomic mass is 9.92. The van der Waals surface area contributed by atoms with Crippen LogP contribution in [-0.4, -0.2) is 11.1 Å². The van der Waals surface area contributed by atoms with Gasteiger partial charge in [0.1, 0.15) is 0 Å². The molecule has 106 valence electrons. The first-order valence-electron chi connectivity index (χ1n) is 6.84. The van der Waals surface area contributed by atoms with E-state index in [1.54, 1.807) is 6.07 Å². The van der Waals surface area contributed by atoms with Gasteiger partial charge in [-0.15, -0.1) is 0 Å². The Labute approximate surface area is 123 Å². The maximum absolute atomic E-state index is 11.4. The summed E-state index contributed by atoms with van der Waals surface area (Å²) in [5.41, 5.74) is 7.18. The summed E-state index contributed by atoms with van der Waals surface area (Å²) in [5.74, 6) is -1.29. The first-order valence-corrected chi connectivity index (χ1v) is 7.63. The van der Waals surface area contributed by atoms with Gasteiger partial charge in [-0.1, -0.05) is 55.0 Å². The van der Waals surface area contributed by atoms with Crippen molar-refractivity contribution in [3.05, 3.63) is 28.2 Å². The Hall–Kier alpha value is -1.03. The molecular weight excluding hydrogens is 306 g/mol. The summed E-state index contributed by atoms with van der Waals surface area (Å²) in [4.78, 5) is 11.4. The molecule has 4 heteroatoms. The molecule has 0 bridgehead atoms. The van der Waals surface area contributed by atoms with Crippen LogP contribution in [0.5, 0.6) is 0 Å². The lowest BCUT2D eigenvalue weighted by Gasteiger charge is -2.15. The Balaban J connectivity index is 2.67. The molecule has 1 unspecified atom stereocenters. The second-order valence-electron chi connectivity index (χ2n) is 4.87. The number of unbranched alkanes of at least 4 members (excludes halogenated alkanes) is 4. The summed E-state index contributed by atoms with van der Waals surface area (Å²) < 4.78 is 0.869. The zero-order chi connectivity index (χ0) is 14.3. The molecule has 0 heterocycles. The molecule has 19 heavy (non-hydrogen) atoms. The zero-order valence-electron chi connectivity index (χ0n) is 11.4. The third kappa shape index (κ3) is 5.23. The van der Waals surface area contributed by atoms with Crippen LogP contribution in [0.4, 0.5) is 5.69 Å². The van der Waals surface area contributed by atoms with Gasteiger partial charge in [0.05, 0.1) is 5.92 Å². The van der Waals surface area contributed by atoms with Crippen molar-refractivity contribution >= 4 is 27.6 Å². The van der Waals surface area contributed by atoms with Crippen molar-refractivity contribution < 1.29 is 9.90 Å². The average Bonchev–Trinajstić information content (AvgIpc) is 2.37. The van der Waals surface area contributed by atoms with Crippen molar-refractivity contribution in [1.29, 1.82) is 0 Å². The van der Waals surface area contributed by atoms with Gasteiger partial charge in [0, 0.05) is 10.2 Å². The van der Waals surface area contributed by atoms with Gasteiger partial charge in [0.25, 0.3) is 0 Å². The Morgan fingerprint density at radius 3 is 2.63 bits per heavy atom. The minimum Gasteiger partial charge on any atom is -0.481 e. The molecule has 0 amide bonds. The third-order valence-electron chi connectivity index (χ3n) is 3.32. The standard InChI is InChI=1S/C15H22BrNO2/c1-2-3-4-5-6-7-12(15(18)19)13-10-11(16)8-9-14(13)17/h8-10,12H,2-7,17H2,1H3,(H,18,19). The Morgan fingerprint density at radius 2 is 2.00 bits per heavy atom. The molecule has 0 radical (unpaired) electrons. The first kappa shape index (κ1) is 16.0. The molecule has 3 nitrogen and oxygen atoms in total. The minimum atomic E-state index is -0.791. The molecule has 3 N–H and O–H groups in total. The number of hydrogen-bond acceptors (Lipinski definition) is 2. The van der Waals surface area contributed by atoms with Crippen molar-refractivity contribution in [1.82, 2.24) is 0 Å². The van der Waals surface area contributed by atoms with Crippen molar-refractivity contribution in [2.24, 2.45) is 0 Å². The second kappa shape index (κ2) is 8.20. The number of carboxylic acid groups (broad SMARTS) is 1. The summed E-state index contributed by atoms with van der Waals surface area (Å²) in [6.45, 7) is 2.17. The molecule has 0 aromatic heterocycles. The predicted molar refractivity (Wildman–Crippen MR) is 82.3 cm³/mol. The van der Waals surface area contributed by atoms with E-state index in [2.05, 4.69) is 22.9 Å².